The molecule has 7 nitrogen and oxygen atoms in total. The summed E-state index contributed by atoms with van der Waals surface area (Å²) < 4.78 is 6.41. The molecule has 1 aliphatic heterocycles. The number of nitrogens with zero attached hydrogens (tertiary/aromatic N) is 4. The Morgan fingerprint density at radius 1 is 1.38 bits per heavy atom. The first-order chi connectivity index (χ1) is 10.7. The molecule has 2 atom stereocenters. The van der Waals surface area contributed by atoms with E-state index in [0.717, 1.165) is 0 Å². The first kappa shape index (κ1) is 20.8. The number of azide groups is 1. The Bertz CT molecular complexity index is 532. The second kappa shape index (κ2) is 6.58. The van der Waals surface area contributed by atoms with Crippen molar-refractivity contribution in [2.24, 2.45) is 10.5 Å². The van der Waals surface area contributed by atoms with Crippen LogP contribution in [-0.4, -0.2) is 49.1 Å². The largest absolute Gasteiger partial charge is 0.465 e. The van der Waals surface area contributed by atoms with Gasteiger partial charge in [-0.05, 0) is 35.5 Å². The van der Waals surface area contributed by atoms with Crippen LogP contribution in [0.1, 0.15) is 48.0 Å². The van der Waals surface area contributed by atoms with Crippen molar-refractivity contribution in [1.29, 1.82) is 0 Å². The van der Waals surface area contributed by atoms with Gasteiger partial charge in [0, 0.05) is 11.5 Å². The van der Waals surface area contributed by atoms with Crippen LogP contribution < -0.4 is 0 Å². The van der Waals surface area contributed by atoms with Crippen LogP contribution in [0.3, 0.4) is 0 Å². The third-order valence-electron chi connectivity index (χ3n) is 5.80. The van der Waals surface area contributed by atoms with Gasteiger partial charge < -0.3 is 9.53 Å². The molecule has 0 radical (unpaired) electrons. The standard InChI is InChI=1S/C16H32N4O3Si/c1-14(2,3)16(11-23-24(7,8)15(4,5)6)9-12(18-19-17)10-20(16)13(21)22/h12H,9-11H2,1-8H3,(H,21,22)/t12-,16+/m0/s1. The van der Waals surface area contributed by atoms with Crippen LogP contribution in [0, 0.1) is 5.41 Å². The molecule has 0 bridgehead atoms. The maximum absolute atomic E-state index is 11.9. The van der Waals surface area contributed by atoms with Crippen molar-refractivity contribution in [2.45, 2.75) is 77.7 Å². The molecule has 1 fully saturated rings. The predicted molar refractivity (Wildman–Crippen MR) is 97.6 cm³/mol. The number of hydrogen-bond acceptors (Lipinski definition) is 3. The minimum atomic E-state index is -2.03. The summed E-state index contributed by atoms with van der Waals surface area (Å²) in [4.78, 5) is 16.2. The molecule has 1 N–H and O–H groups in total. The van der Waals surface area contributed by atoms with E-state index in [2.05, 4.69) is 43.9 Å². The van der Waals surface area contributed by atoms with Crippen LogP contribution in [0.2, 0.25) is 18.1 Å². The number of amides is 1. The van der Waals surface area contributed by atoms with Crippen LogP contribution in [0.15, 0.2) is 5.11 Å². The molecule has 8 heteroatoms. The van der Waals surface area contributed by atoms with Gasteiger partial charge in [-0.15, -0.1) is 0 Å². The number of rotatable bonds is 4. The van der Waals surface area contributed by atoms with E-state index in [-0.39, 0.29) is 23.0 Å². The third kappa shape index (κ3) is 3.87. The molecule has 0 aliphatic carbocycles. The highest BCUT2D eigenvalue weighted by atomic mass is 28.4. The highest BCUT2D eigenvalue weighted by Gasteiger charge is 2.56. The van der Waals surface area contributed by atoms with E-state index in [9.17, 15) is 9.90 Å². The predicted octanol–water partition coefficient (Wildman–Crippen LogP) is 4.86. The highest BCUT2D eigenvalue weighted by molar-refractivity contribution is 6.74. The molecule has 0 saturated carbocycles. The Morgan fingerprint density at radius 3 is 2.29 bits per heavy atom. The fourth-order valence-corrected chi connectivity index (χ4v) is 3.97. The average molecular weight is 357 g/mol. The monoisotopic (exact) mass is 356 g/mol. The molecule has 0 aromatic rings. The molecule has 138 valence electrons. The fourth-order valence-electron chi connectivity index (χ4n) is 2.94. The van der Waals surface area contributed by atoms with E-state index in [0.29, 0.717) is 13.0 Å². The SMILES string of the molecule is CC(C)(C)[C@]1(CO[Si](C)(C)C(C)(C)C)C[C@H](N=[N+]=[N-])CN1C(=O)O. The summed E-state index contributed by atoms with van der Waals surface area (Å²) >= 11 is 0. The number of hydrogen-bond donors (Lipinski definition) is 1. The minimum absolute atomic E-state index is 0.0446. The maximum atomic E-state index is 11.9. The number of carbonyl (C=O) groups is 1. The van der Waals surface area contributed by atoms with E-state index >= 15 is 0 Å². The lowest BCUT2D eigenvalue weighted by Crippen LogP contribution is -2.60. The van der Waals surface area contributed by atoms with Crippen molar-refractivity contribution in [2.75, 3.05) is 13.2 Å². The van der Waals surface area contributed by atoms with Gasteiger partial charge >= 0.3 is 6.09 Å². The van der Waals surface area contributed by atoms with Crippen molar-refractivity contribution in [1.82, 2.24) is 4.90 Å². The van der Waals surface area contributed by atoms with E-state index in [1.807, 2.05) is 20.8 Å². The molecule has 0 spiro atoms. The second-order valence-corrected chi connectivity index (χ2v) is 14.1. The molecule has 1 rings (SSSR count). The van der Waals surface area contributed by atoms with Gasteiger partial charge in [0.05, 0.1) is 18.2 Å². The summed E-state index contributed by atoms with van der Waals surface area (Å²) in [6.07, 6.45) is -0.499. The van der Waals surface area contributed by atoms with Crippen LogP contribution >= 0.6 is 0 Å². The van der Waals surface area contributed by atoms with Crippen LogP contribution in [-0.2, 0) is 4.43 Å². The van der Waals surface area contributed by atoms with Gasteiger partial charge in [-0.25, -0.2) is 4.79 Å². The Hall–Kier alpha value is -1.24. The number of likely N-dealkylation sites (tertiary alicyclic amines) is 1. The smallest absolute Gasteiger partial charge is 0.407 e. The van der Waals surface area contributed by atoms with Crippen molar-refractivity contribution in [3.05, 3.63) is 10.4 Å². The molecular formula is C16H32N4O3Si. The van der Waals surface area contributed by atoms with Gasteiger partial charge in [-0.1, -0.05) is 46.7 Å². The quantitative estimate of drug-likeness (QED) is 0.337. The summed E-state index contributed by atoms with van der Waals surface area (Å²) in [5.74, 6) is 0. The minimum Gasteiger partial charge on any atom is -0.465 e. The van der Waals surface area contributed by atoms with Gasteiger partial charge in [-0.3, -0.25) is 4.90 Å². The number of carboxylic acid groups (broad SMARTS) is 1. The van der Waals surface area contributed by atoms with Crippen molar-refractivity contribution >= 4 is 14.4 Å². The van der Waals surface area contributed by atoms with E-state index < -0.39 is 19.9 Å². The highest BCUT2D eigenvalue weighted by Crippen LogP contribution is 2.46. The summed E-state index contributed by atoms with van der Waals surface area (Å²) in [6, 6.07) is -0.353. The fraction of sp³-hybridized carbons (Fsp3) is 0.938. The van der Waals surface area contributed by atoms with Crippen LogP contribution in [0.5, 0.6) is 0 Å². The van der Waals surface area contributed by atoms with Gasteiger partial charge in [0.25, 0.3) is 0 Å². The molecule has 1 heterocycles. The zero-order chi connectivity index (χ0) is 19.0. The summed E-state index contributed by atoms with van der Waals surface area (Å²) in [5.41, 5.74) is 7.72. The third-order valence-corrected chi connectivity index (χ3v) is 10.3. The molecule has 1 aliphatic rings. The molecule has 24 heavy (non-hydrogen) atoms. The van der Waals surface area contributed by atoms with Crippen molar-refractivity contribution in [3.8, 4) is 0 Å². The average Bonchev–Trinajstić information content (AvgIpc) is 2.75. The summed E-state index contributed by atoms with van der Waals surface area (Å²) in [6.45, 7) is 17.4. The van der Waals surface area contributed by atoms with Crippen LogP contribution in [0.25, 0.3) is 10.4 Å². The van der Waals surface area contributed by atoms with E-state index in [1.54, 1.807) is 0 Å². The first-order valence-corrected chi connectivity index (χ1v) is 11.3. The Balaban J connectivity index is 3.24. The Labute approximate surface area is 146 Å². The molecule has 0 unspecified atom stereocenters. The molecule has 1 amide bonds. The molecule has 0 aromatic carbocycles. The molecule has 0 aromatic heterocycles. The maximum Gasteiger partial charge on any atom is 0.407 e. The van der Waals surface area contributed by atoms with E-state index in [1.165, 1.54) is 4.90 Å². The van der Waals surface area contributed by atoms with Gasteiger partial charge in [-0.2, -0.15) is 0 Å². The van der Waals surface area contributed by atoms with Gasteiger partial charge in [0.2, 0.25) is 0 Å². The summed E-state index contributed by atoms with van der Waals surface area (Å²) in [7, 11) is -2.03. The first-order valence-electron chi connectivity index (χ1n) is 8.37. The topological polar surface area (TPSA) is 98.5 Å². The molecule has 1 saturated heterocycles. The Morgan fingerprint density at radius 2 is 1.92 bits per heavy atom. The molecular weight excluding hydrogens is 324 g/mol. The Kier molecular flexibility index (Phi) is 5.70. The lowest BCUT2D eigenvalue weighted by molar-refractivity contribution is -0.00750. The zero-order valence-corrected chi connectivity index (χ0v) is 17.3. The van der Waals surface area contributed by atoms with Crippen molar-refractivity contribution < 1.29 is 14.3 Å². The summed E-state index contributed by atoms with van der Waals surface area (Å²) in [5, 5.41) is 13.6. The normalized spacial score (nSPS) is 25.5. The second-order valence-electron chi connectivity index (χ2n) is 9.29. The lowest BCUT2D eigenvalue weighted by Gasteiger charge is -2.49. The van der Waals surface area contributed by atoms with Gasteiger partial charge in [0.1, 0.15) is 0 Å². The van der Waals surface area contributed by atoms with Crippen molar-refractivity contribution in [3.63, 3.8) is 0 Å². The van der Waals surface area contributed by atoms with E-state index in [4.69, 9.17) is 9.96 Å². The lowest BCUT2D eigenvalue weighted by atomic mass is 9.72. The van der Waals surface area contributed by atoms with Crippen LogP contribution in [0.4, 0.5) is 4.79 Å². The zero-order valence-electron chi connectivity index (χ0n) is 16.3. The van der Waals surface area contributed by atoms with Gasteiger partial charge in [0.15, 0.2) is 8.32 Å².